The Morgan fingerprint density at radius 2 is 1.23 bits per heavy atom. The summed E-state index contributed by atoms with van der Waals surface area (Å²) in [5, 5.41) is 0.835. The van der Waals surface area contributed by atoms with Crippen molar-refractivity contribution in [3.8, 4) is 0 Å². The number of alkyl halides is 3. The van der Waals surface area contributed by atoms with Crippen molar-refractivity contribution >= 4 is 29.2 Å². The summed E-state index contributed by atoms with van der Waals surface area (Å²) in [4.78, 5) is 11.2. The van der Waals surface area contributed by atoms with Gasteiger partial charge in [0.15, 0.2) is 6.10 Å². The zero-order valence-corrected chi connectivity index (χ0v) is 12.4. The van der Waals surface area contributed by atoms with E-state index in [1.54, 1.807) is 0 Å². The molecule has 2 aromatic carbocycles. The Morgan fingerprint density at radius 1 is 0.864 bits per heavy atom. The molecular weight excluding hydrogens is 340 g/mol. The van der Waals surface area contributed by atoms with E-state index in [1.807, 2.05) is 0 Å². The van der Waals surface area contributed by atoms with Gasteiger partial charge in [-0.2, -0.15) is 13.2 Å². The first-order chi connectivity index (χ1) is 10.3. The summed E-state index contributed by atoms with van der Waals surface area (Å²) < 4.78 is 42.0. The topological polar surface area (TPSA) is 26.3 Å². The second-order valence-corrected chi connectivity index (χ2v) is 5.26. The quantitative estimate of drug-likeness (QED) is 0.713. The zero-order valence-electron chi connectivity index (χ0n) is 10.9. The molecule has 0 aliphatic heterocycles. The fraction of sp³-hybridized carbons (Fsp3) is 0.133. The van der Waals surface area contributed by atoms with Crippen molar-refractivity contribution in [2.75, 3.05) is 0 Å². The molecular formula is C15H9Cl2F3O2. The van der Waals surface area contributed by atoms with E-state index in [9.17, 15) is 18.0 Å². The third-order valence-electron chi connectivity index (χ3n) is 2.80. The third kappa shape index (κ3) is 4.15. The molecule has 2 nitrogen and oxygen atoms in total. The van der Waals surface area contributed by atoms with E-state index in [-0.39, 0.29) is 0 Å². The van der Waals surface area contributed by atoms with E-state index >= 15 is 0 Å². The summed E-state index contributed by atoms with van der Waals surface area (Å²) in [6, 6.07) is 12.0. The standard InChI is InChI=1S/C15H9Cl2F3O2/c16-11-5-1-9(2-6-11)13(22-14(21)15(18,19)20)10-3-7-12(17)8-4-10/h1-8,13H. The molecule has 0 fully saturated rings. The van der Waals surface area contributed by atoms with Crippen LogP contribution in [0.15, 0.2) is 48.5 Å². The van der Waals surface area contributed by atoms with Gasteiger partial charge in [-0.1, -0.05) is 47.5 Å². The van der Waals surface area contributed by atoms with Gasteiger partial charge in [-0.3, -0.25) is 0 Å². The highest BCUT2D eigenvalue weighted by Gasteiger charge is 2.42. The summed E-state index contributed by atoms with van der Waals surface area (Å²) in [7, 11) is 0. The number of hydrogen-bond donors (Lipinski definition) is 0. The number of carbonyl (C=O) groups excluding carboxylic acids is 1. The van der Waals surface area contributed by atoms with Crippen LogP contribution in [0.2, 0.25) is 10.0 Å². The Kier molecular flexibility index (Phi) is 4.98. The fourth-order valence-corrected chi connectivity index (χ4v) is 2.03. The van der Waals surface area contributed by atoms with Gasteiger partial charge in [-0.05, 0) is 35.4 Å². The molecule has 0 saturated heterocycles. The molecule has 0 unspecified atom stereocenters. The van der Waals surface area contributed by atoms with Gasteiger partial charge in [0.2, 0.25) is 0 Å². The molecule has 0 saturated carbocycles. The molecule has 22 heavy (non-hydrogen) atoms. The summed E-state index contributed by atoms with van der Waals surface area (Å²) in [6.45, 7) is 0. The van der Waals surface area contributed by atoms with Gasteiger partial charge in [0.05, 0.1) is 0 Å². The molecule has 0 heterocycles. The number of esters is 1. The predicted octanol–water partition coefficient (Wildman–Crippen LogP) is 5.19. The number of rotatable bonds is 3. The molecule has 0 N–H and O–H groups in total. The summed E-state index contributed by atoms with van der Waals surface area (Å²) in [6.07, 6.45) is -6.28. The average Bonchev–Trinajstić information content (AvgIpc) is 2.46. The number of ether oxygens (including phenoxy) is 1. The van der Waals surface area contributed by atoms with Crippen molar-refractivity contribution < 1.29 is 22.7 Å². The third-order valence-corrected chi connectivity index (χ3v) is 3.31. The highest BCUT2D eigenvalue weighted by molar-refractivity contribution is 6.30. The maximum Gasteiger partial charge on any atom is 0.490 e. The molecule has 0 aliphatic rings. The van der Waals surface area contributed by atoms with Gasteiger partial charge in [-0.15, -0.1) is 0 Å². The van der Waals surface area contributed by atoms with Crippen LogP contribution in [0.5, 0.6) is 0 Å². The number of halogens is 5. The Morgan fingerprint density at radius 3 is 1.55 bits per heavy atom. The maximum absolute atomic E-state index is 12.5. The molecule has 0 aliphatic carbocycles. The Balaban J connectivity index is 2.38. The molecule has 116 valence electrons. The van der Waals surface area contributed by atoms with Crippen LogP contribution in [0, 0.1) is 0 Å². The van der Waals surface area contributed by atoms with E-state index in [0.717, 1.165) is 0 Å². The van der Waals surface area contributed by atoms with Gasteiger partial charge < -0.3 is 4.74 Å². The first-order valence-corrected chi connectivity index (χ1v) is 6.81. The molecule has 0 bridgehead atoms. The lowest BCUT2D eigenvalue weighted by Crippen LogP contribution is -2.27. The van der Waals surface area contributed by atoms with Crippen molar-refractivity contribution in [2.24, 2.45) is 0 Å². The van der Waals surface area contributed by atoms with Crippen LogP contribution < -0.4 is 0 Å². The van der Waals surface area contributed by atoms with E-state index in [2.05, 4.69) is 4.74 Å². The predicted molar refractivity (Wildman–Crippen MR) is 76.9 cm³/mol. The number of hydrogen-bond acceptors (Lipinski definition) is 2. The molecule has 0 radical (unpaired) electrons. The summed E-state index contributed by atoms with van der Waals surface area (Å²) in [5.74, 6) is -2.26. The van der Waals surface area contributed by atoms with Crippen LogP contribution in [0.25, 0.3) is 0 Å². The minimum atomic E-state index is -5.07. The van der Waals surface area contributed by atoms with Crippen molar-refractivity contribution in [2.45, 2.75) is 12.3 Å². The minimum absolute atomic E-state index is 0.365. The summed E-state index contributed by atoms with van der Waals surface area (Å²) in [5.41, 5.74) is 0.730. The fourth-order valence-electron chi connectivity index (χ4n) is 1.78. The number of benzene rings is 2. The van der Waals surface area contributed by atoms with Crippen LogP contribution in [0.1, 0.15) is 17.2 Å². The van der Waals surface area contributed by atoms with Crippen molar-refractivity contribution in [1.29, 1.82) is 0 Å². The van der Waals surface area contributed by atoms with E-state index < -0.39 is 18.2 Å². The Hall–Kier alpha value is -1.72. The highest BCUT2D eigenvalue weighted by Crippen LogP contribution is 2.31. The summed E-state index contributed by atoms with van der Waals surface area (Å²) >= 11 is 11.5. The van der Waals surface area contributed by atoms with Gasteiger partial charge >= 0.3 is 12.1 Å². The lowest BCUT2D eigenvalue weighted by molar-refractivity contribution is -0.203. The SMILES string of the molecule is O=C(OC(c1ccc(Cl)cc1)c1ccc(Cl)cc1)C(F)(F)F. The van der Waals surface area contributed by atoms with Crippen LogP contribution in [-0.2, 0) is 9.53 Å². The second kappa shape index (κ2) is 6.58. The lowest BCUT2D eigenvalue weighted by atomic mass is 10.0. The number of carbonyl (C=O) groups is 1. The van der Waals surface area contributed by atoms with Crippen LogP contribution in [0.4, 0.5) is 13.2 Å². The Labute approximate surface area is 134 Å². The first kappa shape index (κ1) is 16.6. The Bertz CT molecular complexity index is 606. The molecule has 0 amide bonds. The largest absolute Gasteiger partial charge is 0.490 e. The smallest absolute Gasteiger partial charge is 0.446 e. The average molecular weight is 349 g/mol. The second-order valence-electron chi connectivity index (χ2n) is 4.39. The highest BCUT2D eigenvalue weighted by atomic mass is 35.5. The monoisotopic (exact) mass is 348 g/mol. The molecule has 0 aromatic heterocycles. The molecule has 2 rings (SSSR count). The van der Waals surface area contributed by atoms with Crippen LogP contribution in [0.3, 0.4) is 0 Å². The lowest BCUT2D eigenvalue weighted by Gasteiger charge is -2.19. The molecule has 7 heteroatoms. The minimum Gasteiger partial charge on any atom is -0.446 e. The van der Waals surface area contributed by atoms with Crippen molar-refractivity contribution in [3.05, 3.63) is 69.7 Å². The zero-order chi connectivity index (χ0) is 16.3. The van der Waals surface area contributed by atoms with Gasteiger partial charge in [0.1, 0.15) is 0 Å². The van der Waals surface area contributed by atoms with Gasteiger partial charge in [-0.25, -0.2) is 4.79 Å². The molecule has 0 spiro atoms. The van der Waals surface area contributed by atoms with E-state index in [1.165, 1.54) is 48.5 Å². The van der Waals surface area contributed by atoms with Crippen molar-refractivity contribution in [1.82, 2.24) is 0 Å². The van der Waals surface area contributed by atoms with Gasteiger partial charge in [0.25, 0.3) is 0 Å². The van der Waals surface area contributed by atoms with Crippen LogP contribution >= 0.6 is 23.2 Å². The van der Waals surface area contributed by atoms with E-state index in [0.29, 0.717) is 21.2 Å². The van der Waals surface area contributed by atoms with Crippen LogP contribution in [-0.4, -0.2) is 12.1 Å². The normalized spacial score (nSPS) is 11.5. The van der Waals surface area contributed by atoms with Crippen molar-refractivity contribution in [3.63, 3.8) is 0 Å². The van der Waals surface area contributed by atoms with Gasteiger partial charge in [0, 0.05) is 10.0 Å². The first-order valence-electron chi connectivity index (χ1n) is 6.06. The van der Waals surface area contributed by atoms with E-state index in [4.69, 9.17) is 23.2 Å². The molecule has 2 aromatic rings. The maximum atomic E-state index is 12.5. The molecule has 0 atom stereocenters.